The highest BCUT2D eigenvalue weighted by Crippen LogP contribution is 2.36. The summed E-state index contributed by atoms with van der Waals surface area (Å²) in [6.45, 7) is 0.229. The molecule has 4 aromatic rings. The molecule has 0 saturated carbocycles. The SMILES string of the molecule is O=c1[nH]c(-c2cc(Br)ccc2OCc2ccc([N+](=O)[O-])cc2)nc2sc3c(c12)CCCC3. The van der Waals surface area contributed by atoms with Crippen LogP contribution in [0.15, 0.2) is 51.7 Å². The number of nitrogens with zero attached hydrogens (tertiary/aromatic N) is 2. The number of hydrogen-bond acceptors (Lipinski definition) is 6. The number of halogens is 1. The number of nitrogens with one attached hydrogen (secondary N) is 1. The number of hydrogen-bond donors (Lipinski definition) is 1. The Bertz CT molecular complexity index is 1400. The molecule has 0 fully saturated rings. The Labute approximate surface area is 195 Å². The number of aryl methyl sites for hydroxylation is 2. The summed E-state index contributed by atoms with van der Waals surface area (Å²) in [5, 5.41) is 11.6. The van der Waals surface area contributed by atoms with Crippen molar-refractivity contribution >= 4 is 43.2 Å². The molecule has 9 heteroatoms. The van der Waals surface area contributed by atoms with Gasteiger partial charge in [0.05, 0.1) is 15.9 Å². The lowest BCUT2D eigenvalue weighted by Gasteiger charge is -2.12. The van der Waals surface area contributed by atoms with Crippen LogP contribution in [0.3, 0.4) is 0 Å². The normalized spacial score (nSPS) is 13.2. The molecule has 0 bridgehead atoms. The van der Waals surface area contributed by atoms with Crippen LogP contribution in [0.4, 0.5) is 5.69 Å². The van der Waals surface area contributed by atoms with E-state index in [1.165, 1.54) is 17.0 Å². The smallest absolute Gasteiger partial charge is 0.269 e. The second-order valence-corrected chi connectivity index (χ2v) is 9.66. The molecule has 2 aromatic carbocycles. The van der Waals surface area contributed by atoms with Gasteiger partial charge in [0.15, 0.2) is 0 Å². The van der Waals surface area contributed by atoms with Crippen molar-refractivity contribution in [3.8, 4) is 17.1 Å². The number of fused-ring (bicyclic) bond motifs is 3. The Morgan fingerprint density at radius 1 is 1.16 bits per heavy atom. The van der Waals surface area contributed by atoms with Crippen molar-refractivity contribution in [1.29, 1.82) is 0 Å². The molecule has 2 heterocycles. The van der Waals surface area contributed by atoms with Crippen LogP contribution in [0.5, 0.6) is 5.75 Å². The maximum atomic E-state index is 13.0. The van der Waals surface area contributed by atoms with E-state index in [2.05, 4.69) is 20.9 Å². The fraction of sp³-hybridized carbons (Fsp3) is 0.217. The Balaban J connectivity index is 1.50. The molecule has 0 unspecified atom stereocenters. The van der Waals surface area contributed by atoms with Crippen molar-refractivity contribution in [3.05, 3.63) is 83.4 Å². The fourth-order valence-corrected chi connectivity index (χ4v) is 5.60. The van der Waals surface area contributed by atoms with Gasteiger partial charge in [-0.2, -0.15) is 0 Å². The van der Waals surface area contributed by atoms with Gasteiger partial charge in [0.1, 0.15) is 23.0 Å². The number of thiophene rings is 1. The van der Waals surface area contributed by atoms with E-state index in [1.54, 1.807) is 23.5 Å². The molecular weight excluding hydrogens is 494 g/mol. The van der Waals surface area contributed by atoms with Crippen molar-refractivity contribution in [1.82, 2.24) is 9.97 Å². The van der Waals surface area contributed by atoms with Crippen LogP contribution in [0.2, 0.25) is 0 Å². The molecule has 1 aliphatic carbocycles. The van der Waals surface area contributed by atoms with E-state index in [-0.39, 0.29) is 17.9 Å². The first kappa shape index (κ1) is 20.8. The van der Waals surface area contributed by atoms with Gasteiger partial charge >= 0.3 is 0 Å². The van der Waals surface area contributed by atoms with Gasteiger partial charge in [-0.15, -0.1) is 11.3 Å². The van der Waals surface area contributed by atoms with Crippen molar-refractivity contribution in [2.75, 3.05) is 0 Å². The van der Waals surface area contributed by atoms with Crippen molar-refractivity contribution in [2.24, 2.45) is 0 Å². The largest absolute Gasteiger partial charge is 0.488 e. The van der Waals surface area contributed by atoms with E-state index in [4.69, 9.17) is 9.72 Å². The predicted molar refractivity (Wildman–Crippen MR) is 127 cm³/mol. The van der Waals surface area contributed by atoms with Crippen LogP contribution in [-0.2, 0) is 19.4 Å². The zero-order chi connectivity index (χ0) is 22.2. The lowest BCUT2D eigenvalue weighted by Crippen LogP contribution is -2.11. The molecule has 1 N–H and O–H groups in total. The van der Waals surface area contributed by atoms with Crippen LogP contribution in [0.1, 0.15) is 28.8 Å². The third-order valence-corrected chi connectivity index (χ3v) is 7.24. The van der Waals surface area contributed by atoms with Gasteiger partial charge in [-0.05, 0) is 67.1 Å². The number of H-pyrrole nitrogens is 1. The van der Waals surface area contributed by atoms with Crippen LogP contribution < -0.4 is 10.3 Å². The summed E-state index contributed by atoms with van der Waals surface area (Å²) in [5.74, 6) is 1.02. The second kappa shape index (κ2) is 8.48. The zero-order valence-corrected chi connectivity index (χ0v) is 19.3. The second-order valence-electron chi connectivity index (χ2n) is 7.66. The van der Waals surface area contributed by atoms with Crippen LogP contribution in [0, 0.1) is 10.1 Å². The third-order valence-electron chi connectivity index (χ3n) is 5.56. The fourth-order valence-electron chi connectivity index (χ4n) is 3.98. The van der Waals surface area contributed by atoms with E-state index in [0.717, 1.165) is 51.5 Å². The van der Waals surface area contributed by atoms with Gasteiger partial charge in [0, 0.05) is 21.5 Å². The zero-order valence-electron chi connectivity index (χ0n) is 16.9. The Morgan fingerprint density at radius 2 is 1.94 bits per heavy atom. The minimum Gasteiger partial charge on any atom is -0.488 e. The van der Waals surface area contributed by atoms with Gasteiger partial charge in [-0.3, -0.25) is 14.9 Å². The molecular formula is C23H18BrN3O4S. The first-order valence-electron chi connectivity index (χ1n) is 10.2. The summed E-state index contributed by atoms with van der Waals surface area (Å²) in [6.07, 6.45) is 4.19. The lowest BCUT2D eigenvalue weighted by molar-refractivity contribution is -0.384. The van der Waals surface area contributed by atoms with E-state index in [1.807, 2.05) is 18.2 Å². The average molecular weight is 512 g/mol. The maximum Gasteiger partial charge on any atom is 0.269 e. The first-order valence-corrected chi connectivity index (χ1v) is 11.8. The molecule has 0 amide bonds. The molecule has 5 rings (SSSR count). The molecule has 0 aliphatic heterocycles. The minimum absolute atomic E-state index is 0.0341. The quantitative estimate of drug-likeness (QED) is 0.270. The molecule has 32 heavy (non-hydrogen) atoms. The highest BCUT2D eigenvalue weighted by molar-refractivity contribution is 9.10. The molecule has 0 saturated heterocycles. The number of aromatic amines is 1. The molecule has 0 spiro atoms. The van der Waals surface area contributed by atoms with Crippen molar-refractivity contribution in [3.63, 3.8) is 0 Å². The van der Waals surface area contributed by atoms with E-state index < -0.39 is 4.92 Å². The number of non-ortho nitro benzene ring substituents is 1. The Kier molecular flexibility index (Phi) is 5.52. The Morgan fingerprint density at radius 3 is 2.72 bits per heavy atom. The van der Waals surface area contributed by atoms with Gasteiger partial charge in [-0.1, -0.05) is 15.9 Å². The summed E-state index contributed by atoms with van der Waals surface area (Å²) in [5.41, 5.74) is 2.54. The number of nitro benzene ring substituents is 1. The first-order chi connectivity index (χ1) is 15.5. The van der Waals surface area contributed by atoms with Gasteiger partial charge in [0.2, 0.25) is 0 Å². The minimum atomic E-state index is -0.432. The van der Waals surface area contributed by atoms with Crippen LogP contribution >= 0.6 is 27.3 Å². The summed E-state index contributed by atoms with van der Waals surface area (Å²) < 4.78 is 6.85. The average Bonchev–Trinajstić information content (AvgIpc) is 3.17. The van der Waals surface area contributed by atoms with Gasteiger partial charge in [-0.25, -0.2) is 4.98 Å². The molecule has 1 aliphatic rings. The number of benzene rings is 2. The predicted octanol–water partition coefficient (Wildman–Crippen LogP) is 5.78. The Hall–Kier alpha value is -3.04. The molecule has 0 atom stereocenters. The standard InChI is InChI=1S/C23H18BrN3O4S/c24-14-7-10-18(31-12-13-5-8-15(9-6-13)27(29)30)17(11-14)21-25-22(28)20-16-3-1-2-4-19(16)32-23(20)26-21/h5-11H,1-4,12H2,(H,25,26,28). The van der Waals surface area contributed by atoms with E-state index in [0.29, 0.717) is 17.1 Å². The molecule has 0 radical (unpaired) electrons. The summed E-state index contributed by atoms with van der Waals surface area (Å²) >= 11 is 5.10. The summed E-state index contributed by atoms with van der Waals surface area (Å²) in [7, 11) is 0. The van der Waals surface area contributed by atoms with E-state index >= 15 is 0 Å². The lowest BCUT2D eigenvalue weighted by atomic mass is 9.97. The van der Waals surface area contributed by atoms with Gasteiger partial charge < -0.3 is 9.72 Å². The topological polar surface area (TPSA) is 98.1 Å². The monoisotopic (exact) mass is 511 g/mol. The van der Waals surface area contributed by atoms with E-state index in [9.17, 15) is 14.9 Å². The maximum absolute atomic E-state index is 13.0. The van der Waals surface area contributed by atoms with Crippen molar-refractivity contribution < 1.29 is 9.66 Å². The number of rotatable bonds is 5. The highest BCUT2D eigenvalue weighted by atomic mass is 79.9. The molecule has 162 valence electrons. The summed E-state index contributed by atoms with van der Waals surface area (Å²) in [4.78, 5) is 33.2. The highest BCUT2D eigenvalue weighted by Gasteiger charge is 2.21. The number of aromatic nitrogens is 2. The summed E-state index contributed by atoms with van der Waals surface area (Å²) in [6, 6.07) is 11.8. The molecule has 2 aromatic heterocycles. The van der Waals surface area contributed by atoms with Crippen LogP contribution in [-0.4, -0.2) is 14.9 Å². The number of nitro groups is 1. The van der Waals surface area contributed by atoms with Gasteiger partial charge in [0.25, 0.3) is 11.2 Å². The van der Waals surface area contributed by atoms with Crippen LogP contribution in [0.25, 0.3) is 21.6 Å². The third kappa shape index (κ3) is 3.93. The van der Waals surface area contributed by atoms with Crippen molar-refractivity contribution in [2.45, 2.75) is 32.3 Å². The number of ether oxygens (including phenoxy) is 1. The molecule has 7 nitrogen and oxygen atoms in total.